The van der Waals surface area contributed by atoms with Gasteiger partial charge in [-0.2, -0.15) is 13.2 Å². The molecular weight excluding hydrogens is 235 g/mol. The van der Waals surface area contributed by atoms with Crippen LogP contribution in [0.4, 0.5) is 19.0 Å². The van der Waals surface area contributed by atoms with Crippen LogP contribution in [0.1, 0.15) is 11.3 Å². The van der Waals surface area contributed by atoms with Crippen molar-refractivity contribution in [2.75, 3.05) is 12.3 Å². The fourth-order valence-corrected chi connectivity index (χ4v) is 1.79. The molecule has 1 amide bonds. The zero-order chi connectivity index (χ0) is 12.6. The van der Waals surface area contributed by atoms with Crippen LogP contribution in [-0.2, 0) is 17.8 Å². The molecule has 92 valence electrons. The smallest absolute Gasteiger partial charge is 0.384 e. The van der Waals surface area contributed by atoms with Crippen molar-refractivity contribution >= 4 is 11.7 Å². The monoisotopic (exact) mass is 245 g/mol. The number of nitrogens with two attached hydrogens (primary N) is 1. The van der Waals surface area contributed by atoms with Crippen LogP contribution in [0.25, 0.3) is 0 Å². The van der Waals surface area contributed by atoms with Crippen LogP contribution in [0.5, 0.6) is 0 Å². The maximum Gasteiger partial charge on any atom is 0.471 e. The quantitative estimate of drug-likeness (QED) is 0.744. The third kappa shape index (κ3) is 2.32. The summed E-state index contributed by atoms with van der Waals surface area (Å²) in [6, 6.07) is 3.12. The molecule has 0 bridgehead atoms. The van der Waals surface area contributed by atoms with Crippen LogP contribution in [0, 0.1) is 0 Å². The second-order valence-electron chi connectivity index (χ2n) is 3.82. The number of amides is 1. The number of pyridine rings is 1. The third-order valence-electron chi connectivity index (χ3n) is 2.60. The van der Waals surface area contributed by atoms with E-state index in [0.29, 0.717) is 23.5 Å². The lowest BCUT2D eigenvalue weighted by Crippen LogP contribution is -2.43. The largest absolute Gasteiger partial charge is 0.471 e. The Balaban J connectivity index is 2.19. The SMILES string of the molecule is Nc1ccc2c(n1)CCN(C(=O)C(F)(F)F)C2. The minimum atomic E-state index is -4.82. The molecule has 0 radical (unpaired) electrons. The molecule has 4 nitrogen and oxygen atoms in total. The molecule has 2 rings (SSSR count). The summed E-state index contributed by atoms with van der Waals surface area (Å²) in [4.78, 5) is 15.9. The van der Waals surface area contributed by atoms with Gasteiger partial charge in [0.25, 0.3) is 0 Å². The van der Waals surface area contributed by atoms with E-state index in [0.717, 1.165) is 4.90 Å². The number of carbonyl (C=O) groups is 1. The molecule has 0 unspecified atom stereocenters. The summed E-state index contributed by atoms with van der Waals surface area (Å²) in [6.07, 6.45) is -4.53. The van der Waals surface area contributed by atoms with Crippen molar-refractivity contribution in [3.05, 3.63) is 23.4 Å². The molecule has 1 aliphatic rings. The van der Waals surface area contributed by atoms with Gasteiger partial charge in [0.2, 0.25) is 0 Å². The van der Waals surface area contributed by atoms with E-state index in [9.17, 15) is 18.0 Å². The van der Waals surface area contributed by atoms with E-state index in [-0.39, 0.29) is 13.1 Å². The Kier molecular flexibility index (Phi) is 2.68. The van der Waals surface area contributed by atoms with Gasteiger partial charge in [-0.05, 0) is 11.6 Å². The Morgan fingerprint density at radius 3 is 2.76 bits per heavy atom. The van der Waals surface area contributed by atoms with Crippen LogP contribution >= 0.6 is 0 Å². The van der Waals surface area contributed by atoms with Crippen LogP contribution < -0.4 is 5.73 Å². The number of fused-ring (bicyclic) bond motifs is 1. The zero-order valence-corrected chi connectivity index (χ0v) is 8.79. The number of halogens is 3. The molecule has 7 heteroatoms. The summed E-state index contributed by atoms with van der Waals surface area (Å²) in [5.41, 5.74) is 6.75. The molecule has 1 aliphatic heterocycles. The van der Waals surface area contributed by atoms with Crippen molar-refractivity contribution < 1.29 is 18.0 Å². The van der Waals surface area contributed by atoms with E-state index in [1.807, 2.05) is 0 Å². The van der Waals surface area contributed by atoms with Crippen molar-refractivity contribution in [2.24, 2.45) is 0 Å². The predicted molar refractivity (Wildman–Crippen MR) is 53.8 cm³/mol. The molecule has 0 fully saturated rings. The average molecular weight is 245 g/mol. The topological polar surface area (TPSA) is 59.2 Å². The summed E-state index contributed by atoms with van der Waals surface area (Å²) >= 11 is 0. The van der Waals surface area contributed by atoms with E-state index < -0.39 is 12.1 Å². The Morgan fingerprint density at radius 2 is 2.12 bits per heavy atom. The number of hydrogen-bond donors (Lipinski definition) is 1. The van der Waals surface area contributed by atoms with Gasteiger partial charge in [0, 0.05) is 25.2 Å². The maximum atomic E-state index is 12.2. The minimum Gasteiger partial charge on any atom is -0.384 e. The van der Waals surface area contributed by atoms with Crippen molar-refractivity contribution in [3.63, 3.8) is 0 Å². The lowest BCUT2D eigenvalue weighted by Gasteiger charge is -2.28. The number of anilines is 1. The first kappa shape index (κ1) is 11.7. The van der Waals surface area contributed by atoms with E-state index in [2.05, 4.69) is 4.98 Å². The van der Waals surface area contributed by atoms with Gasteiger partial charge in [-0.25, -0.2) is 4.98 Å². The number of hydrogen-bond acceptors (Lipinski definition) is 3. The van der Waals surface area contributed by atoms with Gasteiger partial charge < -0.3 is 10.6 Å². The molecule has 1 aromatic heterocycles. The van der Waals surface area contributed by atoms with E-state index in [1.54, 1.807) is 6.07 Å². The Bertz CT molecular complexity index is 459. The third-order valence-corrected chi connectivity index (χ3v) is 2.60. The van der Waals surface area contributed by atoms with Gasteiger partial charge in [-0.1, -0.05) is 6.07 Å². The van der Waals surface area contributed by atoms with Crippen LogP contribution in [0.3, 0.4) is 0 Å². The Labute approximate surface area is 95.2 Å². The lowest BCUT2D eigenvalue weighted by molar-refractivity contribution is -0.186. The molecule has 2 heterocycles. The first-order chi connectivity index (χ1) is 7.88. The van der Waals surface area contributed by atoms with Gasteiger partial charge in [0.05, 0.1) is 0 Å². The molecule has 0 atom stereocenters. The maximum absolute atomic E-state index is 12.2. The highest BCUT2D eigenvalue weighted by Gasteiger charge is 2.43. The summed E-state index contributed by atoms with van der Waals surface area (Å²) in [7, 11) is 0. The minimum absolute atomic E-state index is 0.0157. The second kappa shape index (κ2) is 3.90. The number of nitrogen functional groups attached to an aromatic ring is 1. The van der Waals surface area contributed by atoms with Crippen molar-refractivity contribution in [3.8, 4) is 0 Å². The summed E-state index contributed by atoms with van der Waals surface area (Å²) < 4.78 is 36.7. The number of carbonyl (C=O) groups excluding carboxylic acids is 1. The second-order valence-corrected chi connectivity index (χ2v) is 3.82. The molecule has 0 saturated carbocycles. The van der Waals surface area contributed by atoms with Gasteiger partial charge in [0.15, 0.2) is 0 Å². The fraction of sp³-hybridized carbons (Fsp3) is 0.400. The summed E-state index contributed by atoms with van der Waals surface area (Å²) in [5, 5.41) is 0. The van der Waals surface area contributed by atoms with Crippen LogP contribution in [-0.4, -0.2) is 28.5 Å². The standard InChI is InChI=1S/C10H10F3N3O/c11-10(12,13)9(17)16-4-3-7-6(5-16)1-2-8(14)15-7/h1-2H,3-5H2,(H2,14,15). The van der Waals surface area contributed by atoms with E-state index in [4.69, 9.17) is 5.73 Å². The summed E-state index contributed by atoms with van der Waals surface area (Å²) in [5.74, 6) is -1.47. The molecule has 2 N–H and O–H groups in total. The van der Waals surface area contributed by atoms with Crippen molar-refractivity contribution in [1.29, 1.82) is 0 Å². The zero-order valence-electron chi connectivity index (χ0n) is 8.79. The molecule has 0 saturated heterocycles. The normalized spacial score (nSPS) is 15.6. The number of rotatable bonds is 0. The van der Waals surface area contributed by atoms with Crippen LogP contribution in [0.15, 0.2) is 12.1 Å². The van der Waals surface area contributed by atoms with Gasteiger partial charge >= 0.3 is 12.1 Å². The average Bonchev–Trinajstić information content (AvgIpc) is 2.26. The molecule has 1 aromatic rings. The molecule has 0 aliphatic carbocycles. The van der Waals surface area contributed by atoms with Gasteiger partial charge in [-0.15, -0.1) is 0 Å². The molecule has 17 heavy (non-hydrogen) atoms. The van der Waals surface area contributed by atoms with Gasteiger partial charge in [-0.3, -0.25) is 4.79 Å². The predicted octanol–water partition coefficient (Wildman–Crippen LogP) is 1.11. The Hall–Kier alpha value is -1.79. The number of alkyl halides is 3. The lowest BCUT2D eigenvalue weighted by atomic mass is 10.1. The highest BCUT2D eigenvalue weighted by atomic mass is 19.4. The fourth-order valence-electron chi connectivity index (χ4n) is 1.79. The van der Waals surface area contributed by atoms with Gasteiger partial charge in [0.1, 0.15) is 5.82 Å². The molecule has 0 spiro atoms. The number of aromatic nitrogens is 1. The first-order valence-corrected chi connectivity index (χ1v) is 4.98. The van der Waals surface area contributed by atoms with Crippen LogP contribution in [0.2, 0.25) is 0 Å². The Morgan fingerprint density at radius 1 is 1.41 bits per heavy atom. The van der Waals surface area contributed by atoms with E-state index >= 15 is 0 Å². The van der Waals surface area contributed by atoms with Crippen molar-refractivity contribution in [2.45, 2.75) is 19.1 Å². The van der Waals surface area contributed by atoms with E-state index in [1.165, 1.54) is 6.07 Å². The first-order valence-electron chi connectivity index (χ1n) is 4.98. The molecular formula is C10H10F3N3O. The number of nitrogens with zero attached hydrogens (tertiary/aromatic N) is 2. The highest BCUT2D eigenvalue weighted by molar-refractivity contribution is 5.82. The molecule has 0 aromatic carbocycles. The highest BCUT2D eigenvalue weighted by Crippen LogP contribution is 2.24. The van der Waals surface area contributed by atoms with Crippen molar-refractivity contribution in [1.82, 2.24) is 9.88 Å². The summed E-state index contributed by atoms with van der Waals surface area (Å²) in [6.45, 7) is -0.0528.